The van der Waals surface area contributed by atoms with Crippen molar-refractivity contribution in [3.8, 4) is 0 Å². The molecule has 0 fully saturated rings. The summed E-state index contributed by atoms with van der Waals surface area (Å²) in [6, 6.07) is 12.4. The lowest BCUT2D eigenvalue weighted by Gasteiger charge is -2.36. The molecule has 2 heterocycles. The molecule has 154 valence electrons. The average molecular weight is 424 g/mol. The van der Waals surface area contributed by atoms with Crippen molar-refractivity contribution in [3.63, 3.8) is 0 Å². The number of amides is 1. The summed E-state index contributed by atoms with van der Waals surface area (Å²) in [4.78, 5) is 17.7. The van der Waals surface area contributed by atoms with Crippen LogP contribution in [-0.2, 0) is 17.4 Å². The second-order valence-electron chi connectivity index (χ2n) is 6.96. The van der Waals surface area contributed by atoms with Gasteiger partial charge in [0.05, 0.1) is 11.6 Å². The summed E-state index contributed by atoms with van der Waals surface area (Å²) in [7, 11) is 0. The highest BCUT2D eigenvalue weighted by molar-refractivity contribution is 5.86. The van der Waals surface area contributed by atoms with E-state index in [-0.39, 0.29) is 31.3 Å². The zero-order valence-electron chi connectivity index (χ0n) is 15.5. The van der Waals surface area contributed by atoms with Gasteiger partial charge < -0.3 is 15.6 Å². The summed E-state index contributed by atoms with van der Waals surface area (Å²) >= 11 is 0. The maximum absolute atomic E-state index is 13.3. The van der Waals surface area contributed by atoms with Gasteiger partial charge in [0.2, 0.25) is 5.91 Å². The van der Waals surface area contributed by atoms with E-state index >= 15 is 0 Å². The van der Waals surface area contributed by atoms with Crippen LogP contribution in [0.25, 0.3) is 10.9 Å². The fourth-order valence-corrected chi connectivity index (χ4v) is 4.01. The molecule has 4 nitrogen and oxygen atoms in total. The number of alkyl halides is 3. The van der Waals surface area contributed by atoms with Gasteiger partial charge in [0.1, 0.15) is 0 Å². The summed E-state index contributed by atoms with van der Waals surface area (Å²) in [5.41, 5.74) is 8.01. The van der Waals surface area contributed by atoms with Crippen LogP contribution in [0.5, 0.6) is 0 Å². The molecule has 2 aromatic carbocycles. The fraction of sp³-hybridized carbons (Fsp3) is 0.286. The van der Waals surface area contributed by atoms with Gasteiger partial charge in [-0.05, 0) is 35.7 Å². The minimum absolute atomic E-state index is 0. The number of aromatic amines is 1. The summed E-state index contributed by atoms with van der Waals surface area (Å²) < 4.78 is 39.8. The molecule has 0 saturated carbocycles. The number of hydrogen-bond donors (Lipinski definition) is 2. The Bertz CT molecular complexity index is 1030. The smallest absolute Gasteiger partial charge is 0.356 e. The molecule has 29 heavy (non-hydrogen) atoms. The van der Waals surface area contributed by atoms with E-state index in [9.17, 15) is 18.0 Å². The number of para-hydroxylation sites is 1. The van der Waals surface area contributed by atoms with Gasteiger partial charge in [0.15, 0.2) is 0 Å². The molecule has 0 aliphatic carbocycles. The third kappa shape index (κ3) is 3.84. The maximum Gasteiger partial charge on any atom is 0.416 e. The molecule has 8 heteroatoms. The van der Waals surface area contributed by atoms with Crippen LogP contribution in [0.1, 0.15) is 34.8 Å². The first-order chi connectivity index (χ1) is 13.4. The molecule has 4 rings (SSSR count). The van der Waals surface area contributed by atoms with E-state index in [0.717, 1.165) is 34.3 Å². The van der Waals surface area contributed by atoms with Crippen LogP contribution >= 0.6 is 12.4 Å². The second kappa shape index (κ2) is 8.08. The van der Waals surface area contributed by atoms with Gasteiger partial charge in [-0.15, -0.1) is 12.4 Å². The minimum Gasteiger partial charge on any atom is -0.356 e. The molecule has 1 aliphatic rings. The Hall–Kier alpha value is -2.51. The Morgan fingerprint density at radius 1 is 1.17 bits per heavy atom. The molecule has 1 unspecified atom stereocenters. The molecule has 0 bridgehead atoms. The predicted molar refractivity (Wildman–Crippen MR) is 108 cm³/mol. The van der Waals surface area contributed by atoms with Gasteiger partial charge in [-0.1, -0.05) is 30.3 Å². The van der Waals surface area contributed by atoms with Crippen molar-refractivity contribution in [3.05, 3.63) is 70.9 Å². The van der Waals surface area contributed by atoms with Crippen LogP contribution < -0.4 is 5.73 Å². The predicted octanol–water partition coefficient (Wildman–Crippen LogP) is 4.43. The molecule has 1 atom stereocenters. The Labute approximate surface area is 172 Å². The van der Waals surface area contributed by atoms with Gasteiger partial charge in [-0.3, -0.25) is 4.79 Å². The SMILES string of the molecule is Cl.NCCC(=O)N1CCc2c([nH]c3ccccc23)C1c1cccc(C(F)(F)F)c1. The molecular formula is C21H21ClF3N3O. The summed E-state index contributed by atoms with van der Waals surface area (Å²) in [6.45, 7) is 0.638. The van der Waals surface area contributed by atoms with Crippen LogP contribution in [0, 0.1) is 0 Å². The summed E-state index contributed by atoms with van der Waals surface area (Å²) in [5, 5.41) is 1.04. The first-order valence-corrected chi connectivity index (χ1v) is 9.16. The lowest BCUT2D eigenvalue weighted by atomic mass is 9.91. The number of rotatable bonds is 3. The van der Waals surface area contributed by atoms with E-state index < -0.39 is 17.8 Å². The number of carbonyl (C=O) groups excluding carboxylic acids is 1. The van der Waals surface area contributed by atoms with Crippen molar-refractivity contribution in [1.29, 1.82) is 0 Å². The molecule has 1 aromatic heterocycles. The van der Waals surface area contributed by atoms with E-state index in [1.807, 2.05) is 24.3 Å². The number of nitrogens with one attached hydrogen (secondary N) is 1. The van der Waals surface area contributed by atoms with Gasteiger partial charge in [-0.25, -0.2) is 0 Å². The first-order valence-electron chi connectivity index (χ1n) is 9.16. The van der Waals surface area contributed by atoms with Gasteiger partial charge in [0.25, 0.3) is 0 Å². The normalized spacial score (nSPS) is 16.4. The van der Waals surface area contributed by atoms with Crippen molar-refractivity contribution < 1.29 is 18.0 Å². The lowest BCUT2D eigenvalue weighted by molar-refractivity contribution is -0.137. The zero-order chi connectivity index (χ0) is 19.9. The van der Waals surface area contributed by atoms with E-state index in [4.69, 9.17) is 5.73 Å². The molecule has 0 radical (unpaired) electrons. The molecular weight excluding hydrogens is 403 g/mol. The van der Waals surface area contributed by atoms with Crippen LogP contribution in [-0.4, -0.2) is 28.9 Å². The summed E-state index contributed by atoms with van der Waals surface area (Å²) in [5.74, 6) is -0.158. The Morgan fingerprint density at radius 3 is 2.66 bits per heavy atom. The number of H-pyrrole nitrogens is 1. The van der Waals surface area contributed by atoms with Gasteiger partial charge in [-0.2, -0.15) is 13.2 Å². The van der Waals surface area contributed by atoms with Crippen LogP contribution in [0.15, 0.2) is 48.5 Å². The largest absolute Gasteiger partial charge is 0.416 e. The summed E-state index contributed by atoms with van der Waals surface area (Å²) in [6.07, 6.45) is -3.64. The molecule has 3 aromatic rings. The number of benzene rings is 2. The van der Waals surface area contributed by atoms with Crippen LogP contribution in [0.3, 0.4) is 0 Å². The van der Waals surface area contributed by atoms with Crippen molar-refractivity contribution >= 4 is 29.2 Å². The number of nitrogens with zero attached hydrogens (tertiary/aromatic N) is 1. The van der Waals surface area contributed by atoms with E-state index in [0.29, 0.717) is 18.5 Å². The highest BCUT2D eigenvalue weighted by Crippen LogP contribution is 2.40. The third-order valence-electron chi connectivity index (χ3n) is 5.24. The minimum atomic E-state index is -4.44. The lowest BCUT2D eigenvalue weighted by Crippen LogP contribution is -2.41. The van der Waals surface area contributed by atoms with E-state index in [1.165, 1.54) is 6.07 Å². The third-order valence-corrected chi connectivity index (χ3v) is 5.24. The highest BCUT2D eigenvalue weighted by atomic mass is 35.5. The van der Waals surface area contributed by atoms with E-state index in [2.05, 4.69) is 4.98 Å². The zero-order valence-corrected chi connectivity index (χ0v) is 16.3. The number of carbonyl (C=O) groups is 1. The number of fused-ring (bicyclic) bond motifs is 3. The monoisotopic (exact) mass is 423 g/mol. The molecule has 3 N–H and O–H groups in total. The fourth-order valence-electron chi connectivity index (χ4n) is 4.01. The van der Waals surface area contributed by atoms with Crippen molar-refractivity contribution in [1.82, 2.24) is 9.88 Å². The van der Waals surface area contributed by atoms with Gasteiger partial charge >= 0.3 is 6.18 Å². The van der Waals surface area contributed by atoms with Crippen LogP contribution in [0.4, 0.5) is 13.2 Å². The first kappa shape index (κ1) is 21.2. The van der Waals surface area contributed by atoms with Crippen LogP contribution in [0.2, 0.25) is 0 Å². The molecule has 1 aliphatic heterocycles. The number of aromatic nitrogens is 1. The Morgan fingerprint density at radius 2 is 1.93 bits per heavy atom. The van der Waals surface area contributed by atoms with Crippen molar-refractivity contribution in [2.45, 2.75) is 25.1 Å². The number of nitrogens with two attached hydrogens (primary N) is 1. The standard InChI is InChI=1S/C21H20F3N3O.ClH/c22-21(23,24)14-5-3-4-13(12-14)20-19-16(9-11-27(20)18(28)8-10-25)15-6-1-2-7-17(15)26-19;/h1-7,12,20,26H,8-11,25H2;1H. The second-order valence-corrected chi connectivity index (χ2v) is 6.96. The number of hydrogen-bond acceptors (Lipinski definition) is 2. The quantitative estimate of drug-likeness (QED) is 0.654. The molecule has 1 amide bonds. The molecule has 0 saturated heterocycles. The van der Waals surface area contributed by atoms with Gasteiger partial charge in [0, 0.05) is 36.1 Å². The maximum atomic E-state index is 13.3. The van der Waals surface area contributed by atoms with Crippen molar-refractivity contribution in [2.75, 3.05) is 13.1 Å². The average Bonchev–Trinajstić information content (AvgIpc) is 3.05. The van der Waals surface area contributed by atoms with Crippen molar-refractivity contribution in [2.24, 2.45) is 5.73 Å². The Balaban J connectivity index is 0.00000240. The molecule has 0 spiro atoms. The number of halogens is 4. The Kier molecular flexibility index (Phi) is 5.91. The topological polar surface area (TPSA) is 62.1 Å². The highest BCUT2D eigenvalue weighted by Gasteiger charge is 2.36. The van der Waals surface area contributed by atoms with E-state index in [1.54, 1.807) is 11.0 Å².